The average Bonchev–Trinajstić information content (AvgIpc) is 2.20. The number of anilines is 1. The first-order valence-electron chi connectivity index (χ1n) is 4.22. The molecule has 0 aliphatic rings. The topological polar surface area (TPSA) is 15.6 Å². The molecule has 4 heteroatoms. The fraction of sp³-hybridized carbons (Fsp3) is 0.300. The number of hydrogen-bond donors (Lipinski definition) is 0. The normalized spacial score (nSPS) is 11.6. The first-order valence-corrected chi connectivity index (χ1v) is 7.58. The van der Waals surface area contributed by atoms with Gasteiger partial charge in [0, 0.05) is 53.6 Å². The van der Waals surface area contributed by atoms with Crippen LogP contribution in [0.15, 0.2) is 29.3 Å². The van der Waals surface area contributed by atoms with Gasteiger partial charge < -0.3 is 4.90 Å². The lowest BCUT2D eigenvalue weighted by molar-refractivity contribution is 1.13. The summed E-state index contributed by atoms with van der Waals surface area (Å²) in [6, 6.07) is 8.41. The molecule has 0 heterocycles. The summed E-state index contributed by atoms with van der Waals surface area (Å²) in [5, 5.41) is 1.07. The van der Waals surface area contributed by atoms with Crippen LogP contribution in [0.1, 0.15) is 5.56 Å². The van der Waals surface area contributed by atoms with Crippen molar-refractivity contribution < 1.29 is 0 Å². The summed E-state index contributed by atoms with van der Waals surface area (Å²) < 4.78 is 0. The smallest absolute Gasteiger partial charge is 0.107 e. The molecule has 0 aliphatic carbocycles. The van der Waals surface area contributed by atoms with Gasteiger partial charge in [-0.05, 0) is 21.1 Å². The second-order valence-corrected chi connectivity index (χ2v) is 4.91. The molecule has 0 saturated heterocycles. The number of halogens is 1. The highest BCUT2D eigenvalue weighted by atomic mass is 127. The zero-order valence-corrected chi connectivity index (χ0v) is 11.5. The van der Waals surface area contributed by atoms with Crippen molar-refractivity contribution >= 4 is 40.9 Å². The molecule has 0 N–H and O–H groups in total. The summed E-state index contributed by atoms with van der Waals surface area (Å²) in [6.07, 6.45) is 0. The fourth-order valence-electron chi connectivity index (χ4n) is 1.11. The minimum absolute atomic E-state index is 1.07. The van der Waals surface area contributed by atoms with Crippen molar-refractivity contribution in [1.29, 1.82) is 0 Å². The molecule has 1 aromatic carbocycles. The lowest BCUT2D eigenvalue weighted by atomic mass is 10.2. The third-order valence-corrected chi connectivity index (χ3v) is 3.72. The highest BCUT2D eigenvalue weighted by molar-refractivity contribution is 14.2. The van der Waals surface area contributed by atoms with Crippen LogP contribution in [0, 0.1) is 0 Å². The number of hydrogen-bond acceptors (Lipinski definition) is 3. The maximum Gasteiger partial charge on any atom is 0.107 e. The molecule has 0 unspecified atom stereocenters. The van der Waals surface area contributed by atoms with Crippen molar-refractivity contribution in [3.8, 4) is 0 Å². The van der Waals surface area contributed by atoms with Crippen LogP contribution in [0.25, 0.3) is 0 Å². The Labute approximate surface area is 101 Å². The van der Waals surface area contributed by atoms with Crippen LogP contribution >= 0.6 is 30.1 Å². The Morgan fingerprint density at radius 3 is 2.21 bits per heavy atom. The van der Waals surface area contributed by atoms with E-state index in [0.717, 1.165) is 5.04 Å². The minimum Gasteiger partial charge on any atom is -0.378 e. The Balaban J connectivity index is 2.93. The maximum atomic E-state index is 4.21. The average molecular weight is 320 g/mol. The van der Waals surface area contributed by atoms with Crippen LogP contribution in [0.3, 0.4) is 0 Å². The Bertz CT molecular complexity index is 319. The minimum atomic E-state index is 1.07. The van der Waals surface area contributed by atoms with E-state index in [1.165, 1.54) is 11.3 Å². The van der Waals surface area contributed by atoms with E-state index in [0.29, 0.717) is 0 Å². The number of aliphatic imine (C=N–C) groups is 1. The molecule has 0 radical (unpaired) electrons. The third kappa shape index (κ3) is 2.88. The Morgan fingerprint density at radius 1 is 1.29 bits per heavy atom. The zero-order chi connectivity index (χ0) is 10.6. The molecule has 0 spiro atoms. The standard InChI is InChI=1S/C10H13IN2S/c1-12-10(14-11)8-4-6-9(7-5-8)13(2)3/h4-7H,1-3H3/b12-10-. The molecule has 76 valence electrons. The summed E-state index contributed by atoms with van der Waals surface area (Å²) in [7, 11) is 7.54. The molecule has 0 aromatic heterocycles. The predicted octanol–water partition coefficient (Wildman–Crippen LogP) is 3.21. The van der Waals surface area contributed by atoms with Gasteiger partial charge in [0.05, 0.1) is 0 Å². The lowest BCUT2D eigenvalue weighted by Crippen LogP contribution is -2.08. The molecule has 0 saturated carbocycles. The fourth-order valence-corrected chi connectivity index (χ4v) is 2.76. The highest BCUT2D eigenvalue weighted by Gasteiger charge is 2.02. The van der Waals surface area contributed by atoms with Crippen LogP contribution < -0.4 is 4.90 Å². The first kappa shape index (κ1) is 11.8. The number of nitrogens with zero attached hydrogens (tertiary/aromatic N) is 2. The summed E-state index contributed by atoms with van der Waals surface area (Å²) in [5.74, 6) is 0. The van der Waals surface area contributed by atoms with Crippen LogP contribution in [0.2, 0.25) is 0 Å². The van der Waals surface area contributed by atoms with Crippen LogP contribution in [0.5, 0.6) is 0 Å². The third-order valence-electron chi connectivity index (χ3n) is 1.91. The quantitative estimate of drug-likeness (QED) is 0.472. The summed E-state index contributed by atoms with van der Waals surface area (Å²) in [4.78, 5) is 6.30. The summed E-state index contributed by atoms with van der Waals surface area (Å²) >= 11 is 2.25. The Kier molecular flexibility index (Phi) is 4.74. The molecule has 1 aromatic rings. The van der Waals surface area contributed by atoms with Crippen molar-refractivity contribution in [2.45, 2.75) is 0 Å². The monoisotopic (exact) mass is 320 g/mol. The van der Waals surface area contributed by atoms with Gasteiger partial charge >= 0.3 is 0 Å². The largest absolute Gasteiger partial charge is 0.378 e. The predicted molar refractivity (Wildman–Crippen MR) is 74.8 cm³/mol. The first-order chi connectivity index (χ1) is 6.69. The molecule has 14 heavy (non-hydrogen) atoms. The Morgan fingerprint density at radius 2 is 1.86 bits per heavy atom. The molecule has 0 bridgehead atoms. The maximum absolute atomic E-state index is 4.21. The van der Waals surface area contributed by atoms with Gasteiger partial charge in [0.15, 0.2) is 0 Å². The van der Waals surface area contributed by atoms with Crippen LogP contribution in [-0.4, -0.2) is 26.2 Å². The highest BCUT2D eigenvalue weighted by Crippen LogP contribution is 2.22. The summed E-state index contributed by atoms with van der Waals surface area (Å²) in [6.45, 7) is 0. The van der Waals surface area contributed by atoms with E-state index in [1.807, 2.05) is 21.1 Å². The molecule has 0 amide bonds. The molecular weight excluding hydrogens is 307 g/mol. The van der Waals surface area contributed by atoms with Gasteiger partial charge in [0.2, 0.25) is 0 Å². The van der Waals surface area contributed by atoms with Crippen LogP contribution in [-0.2, 0) is 0 Å². The van der Waals surface area contributed by atoms with Crippen molar-refractivity contribution in [3.63, 3.8) is 0 Å². The van der Waals surface area contributed by atoms with Gasteiger partial charge in [-0.2, -0.15) is 0 Å². The van der Waals surface area contributed by atoms with Crippen molar-refractivity contribution in [2.75, 3.05) is 26.0 Å². The lowest BCUT2D eigenvalue weighted by Gasteiger charge is -2.12. The van der Waals surface area contributed by atoms with E-state index >= 15 is 0 Å². The van der Waals surface area contributed by atoms with Crippen molar-refractivity contribution in [1.82, 2.24) is 0 Å². The van der Waals surface area contributed by atoms with E-state index in [9.17, 15) is 0 Å². The van der Waals surface area contributed by atoms with E-state index < -0.39 is 0 Å². The number of benzene rings is 1. The molecule has 1 rings (SSSR count). The molecule has 2 nitrogen and oxygen atoms in total. The van der Waals surface area contributed by atoms with E-state index in [4.69, 9.17) is 0 Å². The molecule has 0 aliphatic heterocycles. The van der Waals surface area contributed by atoms with Gasteiger partial charge in [-0.1, -0.05) is 12.1 Å². The summed E-state index contributed by atoms with van der Waals surface area (Å²) in [5.41, 5.74) is 2.39. The van der Waals surface area contributed by atoms with Gasteiger partial charge in [-0.15, -0.1) is 0 Å². The van der Waals surface area contributed by atoms with Crippen molar-refractivity contribution in [3.05, 3.63) is 29.8 Å². The second kappa shape index (κ2) is 5.60. The van der Waals surface area contributed by atoms with E-state index in [1.54, 1.807) is 8.93 Å². The van der Waals surface area contributed by atoms with Gasteiger partial charge in [-0.3, -0.25) is 4.99 Å². The van der Waals surface area contributed by atoms with Gasteiger partial charge in [0.25, 0.3) is 0 Å². The van der Waals surface area contributed by atoms with E-state index in [2.05, 4.69) is 55.4 Å². The van der Waals surface area contributed by atoms with E-state index in [-0.39, 0.29) is 0 Å². The zero-order valence-electron chi connectivity index (χ0n) is 8.49. The second-order valence-electron chi connectivity index (χ2n) is 3.05. The molecular formula is C10H13IN2S. The Hall–Kier alpha value is -0.230. The van der Waals surface area contributed by atoms with Crippen LogP contribution in [0.4, 0.5) is 5.69 Å². The number of rotatable bonds is 2. The van der Waals surface area contributed by atoms with Crippen molar-refractivity contribution in [2.24, 2.45) is 4.99 Å². The van der Waals surface area contributed by atoms with Gasteiger partial charge in [0.1, 0.15) is 5.04 Å². The molecule has 0 fully saturated rings. The van der Waals surface area contributed by atoms with Gasteiger partial charge in [-0.25, -0.2) is 0 Å². The SMILES string of the molecule is C/N=C(\SI)c1ccc(N(C)C)cc1. The molecule has 0 atom stereocenters.